The number of rotatable bonds is 15. The number of piperidine rings is 1. The zero-order chi connectivity index (χ0) is 40.5. The number of carbonyl (C=O) groups excluding carboxylic acids is 3. The first-order chi connectivity index (χ1) is 27.4. The summed E-state index contributed by atoms with van der Waals surface area (Å²) < 4.78 is 38.0. The number of esters is 1. The Labute approximate surface area is 338 Å². The molecular weight excluding hydrogens is 746 g/mol. The molecule has 3 aromatic carbocycles. The maximum absolute atomic E-state index is 15.1. The Kier molecular flexibility index (Phi) is 13.5. The van der Waals surface area contributed by atoms with E-state index in [1.54, 1.807) is 6.07 Å². The van der Waals surface area contributed by atoms with Gasteiger partial charge in [-0.05, 0) is 106 Å². The minimum absolute atomic E-state index is 0.0390. The topological polar surface area (TPSA) is 108 Å². The summed E-state index contributed by atoms with van der Waals surface area (Å²) in [6.45, 7) is 13.6. The van der Waals surface area contributed by atoms with E-state index in [2.05, 4.69) is 10.2 Å². The molecule has 2 saturated heterocycles. The molecule has 0 aliphatic carbocycles. The molecular formula is C45H50FN3O7S. The van der Waals surface area contributed by atoms with Gasteiger partial charge in [-0.15, -0.1) is 11.3 Å². The fourth-order valence-corrected chi connectivity index (χ4v) is 8.67. The van der Waals surface area contributed by atoms with E-state index >= 15 is 4.39 Å². The van der Waals surface area contributed by atoms with E-state index in [0.717, 1.165) is 54.5 Å². The van der Waals surface area contributed by atoms with Crippen LogP contribution in [0.5, 0.6) is 11.5 Å². The zero-order valence-corrected chi connectivity index (χ0v) is 33.8. The number of ether oxygens (including phenoxy) is 4. The van der Waals surface area contributed by atoms with Gasteiger partial charge in [0.25, 0.3) is 5.91 Å². The lowest BCUT2D eigenvalue weighted by Gasteiger charge is -2.39. The van der Waals surface area contributed by atoms with E-state index < -0.39 is 17.5 Å². The molecule has 1 aromatic heterocycles. The first-order valence-electron chi connectivity index (χ1n) is 19.6. The van der Waals surface area contributed by atoms with Crippen LogP contribution in [0.3, 0.4) is 0 Å². The number of alkyl carbamates (subject to hydrolysis) is 1. The van der Waals surface area contributed by atoms with Crippen LogP contribution >= 0.6 is 11.3 Å². The zero-order valence-electron chi connectivity index (χ0n) is 33.0. The standard InChI is InChI=1S/C45H50FN3O7S/c1-45(2,3)56-44(52)48-32-25-33-18-19-34(26-32)49(33)43(51)40-27-35(30-16-20-37(47-4)36(46)23-30)42(57-40)31-17-21-38(54-22-12-7-6-11-15-41(50)53-5)39(24-31)55-28-29-13-9-8-10-14-29/h8-10,13-14,16-17,20-21,23-24,27,32-34H,6-7,11-12,15,18-19,22,25-26,28H2,1-3,5H3,(H,48,52). The van der Waals surface area contributed by atoms with Gasteiger partial charge in [-0.1, -0.05) is 55.3 Å². The van der Waals surface area contributed by atoms with Gasteiger partial charge in [0.05, 0.1) is 25.2 Å². The second-order valence-corrected chi connectivity index (χ2v) is 16.6. The van der Waals surface area contributed by atoms with Crippen LogP contribution in [0.4, 0.5) is 14.9 Å². The lowest BCUT2D eigenvalue weighted by Crippen LogP contribution is -2.52. The summed E-state index contributed by atoms with van der Waals surface area (Å²) in [5.41, 5.74) is 2.29. The highest BCUT2D eigenvalue weighted by molar-refractivity contribution is 7.18. The van der Waals surface area contributed by atoms with Crippen molar-refractivity contribution in [2.45, 2.75) is 109 Å². The second kappa shape index (κ2) is 18.7. The van der Waals surface area contributed by atoms with Gasteiger partial charge in [-0.3, -0.25) is 9.59 Å². The molecule has 2 fully saturated rings. The van der Waals surface area contributed by atoms with Gasteiger partial charge in [0.1, 0.15) is 18.0 Å². The molecule has 300 valence electrons. The van der Waals surface area contributed by atoms with E-state index in [1.165, 1.54) is 30.6 Å². The average molecular weight is 796 g/mol. The summed E-state index contributed by atoms with van der Waals surface area (Å²) >= 11 is 1.34. The van der Waals surface area contributed by atoms with Gasteiger partial charge in [0.15, 0.2) is 11.5 Å². The van der Waals surface area contributed by atoms with Crippen molar-refractivity contribution >= 4 is 35.0 Å². The molecule has 2 atom stereocenters. The van der Waals surface area contributed by atoms with Gasteiger partial charge in [-0.2, -0.15) is 0 Å². The van der Waals surface area contributed by atoms with Crippen molar-refractivity contribution in [3.05, 3.63) is 100 Å². The number of unbranched alkanes of at least 4 members (excludes halogenated alkanes) is 3. The van der Waals surface area contributed by atoms with Crippen LogP contribution in [0.15, 0.2) is 72.8 Å². The highest BCUT2D eigenvalue weighted by Gasteiger charge is 2.44. The number of fused-ring (bicyclic) bond motifs is 2. The number of halogens is 1. The minimum atomic E-state index is -0.633. The third-order valence-electron chi connectivity index (χ3n) is 10.2. The lowest BCUT2D eigenvalue weighted by atomic mass is 9.97. The van der Waals surface area contributed by atoms with Crippen LogP contribution in [-0.2, 0) is 20.9 Å². The number of thiophene rings is 1. The first kappa shape index (κ1) is 41.2. The molecule has 4 aromatic rings. The Morgan fingerprint density at radius 3 is 2.30 bits per heavy atom. The summed E-state index contributed by atoms with van der Waals surface area (Å²) in [6.07, 6.45) is 6.23. The molecule has 1 N–H and O–H groups in total. The molecule has 57 heavy (non-hydrogen) atoms. The molecule has 10 nitrogen and oxygen atoms in total. The van der Waals surface area contributed by atoms with E-state index in [1.807, 2.05) is 80.3 Å². The third kappa shape index (κ3) is 10.7. The minimum Gasteiger partial charge on any atom is -0.490 e. The van der Waals surface area contributed by atoms with Crippen molar-refractivity contribution in [1.82, 2.24) is 10.2 Å². The second-order valence-electron chi connectivity index (χ2n) is 15.6. The lowest BCUT2D eigenvalue weighted by molar-refractivity contribution is -0.140. The van der Waals surface area contributed by atoms with E-state index in [4.69, 9.17) is 25.5 Å². The number of nitrogens with one attached hydrogen (secondary N) is 1. The molecule has 3 heterocycles. The van der Waals surface area contributed by atoms with Crippen LogP contribution in [0.1, 0.15) is 93.8 Å². The van der Waals surface area contributed by atoms with Crippen molar-refractivity contribution in [2.75, 3.05) is 13.7 Å². The summed E-state index contributed by atoms with van der Waals surface area (Å²) in [6, 6.07) is 21.7. The number of hydrogen-bond acceptors (Lipinski definition) is 8. The molecule has 6 rings (SSSR count). The van der Waals surface area contributed by atoms with Gasteiger partial charge >= 0.3 is 12.1 Å². The van der Waals surface area contributed by atoms with Crippen molar-refractivity contribution in [3.63, 3.8) is 0 Å². The predicted molar refractivity (Wildman–Crippen MR) is 218 cm³/mol. The molecule has 2 amide bonds. The Balaban J connectivity index is 1.27. The molecule has 0 radical (unpaired) electrons. The van der Waals surface area contributed by atoms with Crippen LogP contribution < -0.4 is 14.8 Å². The van der Waals surface area contributed by atoms with Gasteiger partial charge in [0.2, 0.25) is 5.69 Å². The van der Waals surface area contributed by atoms with Gasteiger partial charge < -0.3 is 29.2 Å². The maximum Gasteiger partial charge on any atom is 0.407 e. The SMILES string of the molecule is [C-]#[N+]c1ccc(-c2cc(C(=O)N3C4CCC3CC(NC(=O)OC(C)(C)C)C4)sc2-c2ccc(OCCCCCCC(=O)OC)c(OCc3ccccc3)c2)cc1F. The fraction of sp³-hybridized carbons (Fsp3) is 0.422. The largest absolute Gasteiger partial charge is 0.490 e. The molecule has 0 saturated carbocycles. The maximum atomic E-state index is 15.1. The third-order valence-corrected chi connectivity index (χ3v) is 11.4. The van der Waals surface area contributed by atoms with Crippen LogP contribution in [0.25, 0.3) is 26.4 Å². The van der Waals surface area contributed by atoms with Crippen LogP contribution in [-0.4, -0.2) is 60.3 Å². The highest BCUT2D eigenvalue weighted by atomic mass is 32.1. The van der Waals surface area contributed by atoms with Crippen molar-refractivity contribution < 1.29 is 37.7 Å². The Hall–Kier alpha value is -5.41. The van der Waals surface area contributed by atoms with Crippen molar-refractivity contribution in [1.29, 1.82) is 0 Å². The fourth-order valence-electron chi connectivity index (χ4n) is 7.54. The van der Waals surface area contributed by atoms with Gasteiger partial charge in [0, 0.05) is 35.0 Å². The number of methoxy groups -OCH3 is 1. The number of nitrogens with zero attached hydrogens (tertiary/aromatic N) is 2. The molecule has 2 unspecified atom stereocenters. The number of amides is 2. The summed E-state index contributed by atoms with van der Waals surface area (Å²) in [4.78, 5) is 45.0. The monoisotopic (exact) mass is 795 g/mol. The van der Waals surface area contributed by atoms with Crippen LogP contribution in [0, 0.1) is 12.4 Å². The van der Waals surface area contributed by atoms with Crippen molar-refractivity contribution in [2.24, 2.45) is 0 Å². The number of hydrogen-bond donors (Lipinski definition) is 1. The number of carbonyl (C=O) groups is 3. The quantitative estimate of drug-likeness (QED) is 0.0725. The summed E-state index contributed by atoms with van der Waals surface area (Å²) in [5, 5.41) is 3.02. The van der Waals surface area contributed by atoms with Gasteiger partial charge in [-0.25, -0.2) is 14.0 Å². The van der Waals surface area contributed by atoms with E-state index in [-0.39, 0.29) is 35.7 Å². The van der Waals surface area contributed by atoms with Crippen molar-refractivity contribution in [3.8, 4) is 33.1 Å². The summed E-state index contributed by atoms with van der Waals surface area (Å²) in [5.74, 6) is 0.169. The molecule has 2 bridgehead atoms. The molecule has 12 heteroatoms. The normalized spacial score (nSPS) is 17.4. The Morgan fingerprint density at radius 2 is 1.61 bits per heavy atom. The first-order valence-corrected chi connectivity index (χ1v) is 20.4. The molecule has 2 aliphatic rings. The Bertz CT molecular complexity index is 2080. The van der Waals surface area contributed by atoms with E-state index in [0.29, 0.717) is 60.0 Å². The predicted octanol–water partition coefficient (Wildman–Crippen LogP) is 10.5. The smallest absolute Gasteiger partial charge is 0.407 e. The molecule has 2 aliphatic heterocycles. The molecule has 0 spiro atoms. The summed E-state index contributed by atoms with van der Waals surface area (Å²) in [7, 11) is 1.40. The van der Waals surface area contributed by atoms with E-state index in [9.17, 15) is 14.4 Å². The average Bonchev–Trinajstić information content (AvgIpc) is 3.75. The highest BCUT2D eigenvalue weighted by Crippen LogP contribution is 2.45. The Morgan fingerprint density at radius 1 is 0.895 bits per heavy atom. The number of benzene rings is 3. The van der Waals surface area contributed by atoms with Crippen LogP contribution in [0.2, 0.25) is 0 Å².